The molecule has 0 fully saturated rings. The minimum absolute atomic E-state index is 0.156. The summed E-state index contributed by atoms with van der Waals surface area (Å²) >= 11 is 0. The van der Waals surface area contributed by atoms with Crippen LogP contribution in [0.5, 0.6) is 0 Å². The quantitative estimate of drug-likeness (QED) is 0.743. The Morgan fingerprint density at radius 1 is 1.06 bits per heavy atom. The normalized spacial score (nSPS) is 9.50. The topological polar surface area (TPSA) is 94.8 Å². The van der Waals surface area contributed by atoms with Gasteiger partial charge in [-0.3, -0.25) is 9.59 Å². The molecule has 0 aliphatic carbocycles. The second-order valence-corrected chi connectivity index (χ2v) is 3.62. The first-order valence-electron chi connectivity index (χ1n) is 5.60. The van der Waals surface area contributed by atoms with E-state index in [1.165, 1.54) is 0 Å². The fraction of sp³-hybridized carbons (Fsp3) is 0.385. The number of hydrogen-bond donors (Lipinski definition) is 3. The molecule has 0 saturated heterocycles. The van der Waals surface area contributed by atoms with E-state index >= 15 is 0 Å². The lowest BCUT2D eigenvalue weighted by atomic mass is 9.93. The van der Waals surface area contributed by atoms with E-state index in [1.54, 1.807) is 31.2 Å². The standard InChI is InChI=1S/C11H12O4.C2H6O/c12-10(13)6-9(7-11(14)15)8-4-2-1-3-5-8;1-2-3/h1-5,9H,6-7H2,(H,12,13)(H,14,15);3H,2H2,1H3. The Balaban J connectivity index is 0.000000873. The predicted octanol–water partition coefficient (Wildman–Crippen LogP) is 1.72. The maximum Gasteiger partial charge on any atom is 0.303 e. The van der Waals surface area contributed by atoms with Crippen LogP contribution in [0.15, 0.2) is 30.3 Å². The van der Waals surface area contributed by atoms with Crippen LogP contribution in [0, 0.1) is 0 Å². The second-order valence-electron chi connectivity index (χ2n) is 3.62. The SMILES string of the molecule is CCO.O=C(O)CC(CC(=O)O)c1ccccc1. The molecule has 0 aromatic heterocycles. The molecule has 0 aliphatic rings. The van der Waals surface area contributed by atoms with Crippen molar-refractivity contribution in [1.29, 1.82) is 0 Å². The van der Waals surface area contributed by atoms with Crippen LogP contribution < -0.4 is 0 Å². The number of benzene rings is 1. The van der Waals surface area contributed by atoms with E-state index < -0.39 is 17.9 Å². The zero-order valence-electron chi connectivity index (χ0n) is 10.2. The molecule has 0 atom stereocenters. The number of aliphatic hydroxyl groups excluding tert-OH is 1. The van der Waals surface area contributed by atoms with Gasteiger partial charge in [-0.1, -0.05) is 30.3 Å². The van der Waals surface area contributed by atoms with Crippen molar-refractivity contribution in [2.45, 2.75) is 25.7 Å². The number of aliphatic carboxylic acids is 2. The summed E-state index contributed by atoms with van der Waals surface area (Å²) in [5.74, 6) is -2.42. The summed E-state index contributed by atoms with van der Waals surface area (Å²) in [6, 6.07) is 8.84. The molecule has 1 aromatic carbocycles. The Labute approximate surface area is 106 Å². The van der Waals surface area contributed by atoms with Gasteiger partial charge in [0.15, 0.2) is 0 Å². The van der Waals surface area contributed by atoms with Crippen molar-refractivity contribution in [3.8, 4) is 0 Å². The van der Waals surface area contributed by atoms with Crippen molar-refractivity contribution in [3.63, 3.8) is 0 Å². The van der Waals surface area contributed by atoms with Crippen LogP contribution in [0.25, 0.3) is 0 Å². The monoisotopic (exact) mass is 254 g/mol. The summed E-state index contributed by atoms with van der Waals surface area (Å²) in [6.07, 6.45) is -0.313. The average molecular weight is 254 g/mol. The lowest BCUT2D eigenvalue weighted by Crippen LogP contribution is -2.11. The number of carbonyl (C=O) groups is 2. The Morgan fingerprint density at radius 3 is 1.78 bits per heavy atom. The zero-order valence-corrected chi connectivity index (χ0v) is 10.2. The Kier molecular flexibility index (Phi) is 8.22. The van der Waals surface area contributed by atoms with Gasteiger partial charge in [0.2, 0.25) is 0 Å². The molecule has 0 bridgehead atoms. The molecule has 1 aromatic rings. The van der Waals surface area contributed by atoms with Crippen molar-refractivity contribution in [2.24, 2.45) is 0 Å². The minimum atomic E-state index is -0.981. The first kappa shape index (κ1) is 16.1. The Bertz CT molecular complexity index is 345. The van der Waals surface area contributed by atoms with E-state index in [0.717, 1.165) is 5.56 Å². The molecular formula is C13H18O5. The molecule has 18 heavy (non-hydrogen) atoms. The van der Waals surface area contributed by atoms with Gasteiger partial charge < -0.3 is 15.3 Å². The van der Waals surface area contributed by atoms with Crippen molar-refractivity contribution in [1.82, 2.24) is 0 Å². The fourth-order valence-corrected chi connectivity index (χ4v) is 1.45. The van der Waals surface area contributed by atoms with Gasteiger partial charge in [-0.25, -0.2) is 0 Å². The van der Waals surface area contributed by atoms with Crippen LogP contribution in [0.1, 0.15) is 31.2 Å². The van der Waals surface area contributed by atoms with Crippen LogP contribution in [-0.2, 0) is 9.59 Å². The minimum Gasteiger partial charge on any atom is -0.481 e. The van der Waals surface area contributed by atoms with E-state index in [1.807, 2.05) is 6.07 Å². The van der Waals surface area contributed by atoms with Gasteiger partial charge in [0.1, 0.15) is 0 Å². The molecule has 3 N–H and O–H groups in total. The predicted molar refractivity (Wildman–Crippen MR) is 66.4 cm³/mol. The highest BCUT2D eigenvalue weighted by atomic mass is 16.4. The molecule has 0 spiro atoms. The number of aliphatic hydroxyl groups is 1. The van der Waals surface area contributed by atoms with Gasteiger partial charge >= 0.3 is 11.9 Å². The summed E-state index contributed by atoms with van der Waals surface area (Å²) in [6.45, 7) is 1.93. The third-order valence-corrected chi connectivity index (χ3v) is 2.11. The first-order valence-corrected chi connectivity index (χ1v) is 5.60. The molecular weight excluding hydrogens is 236 g/mol. The maximum absolute atomic E-state index is 10.6. The molecule has 5 heteroatoms. The van der Waals surface area contributed by atoms with E-state index in [4.69, 9.17) is 15.3 Å². The van der Waals surface area contributed by atoms with E-state index in [9.17, 15) is 9.59 Å². The third-order valence-electron chi connectivity index (χ3n) is 2.11. The maximum atomic E-state index is 10.6. The lowest BCUT2D eigenvalue weighted by molar-refractivity contribution is -0.139. The smallest absolute Gasteiger partial charge is 0.303 e. The van der Waals surface area contributed by atoms with Crippen molar-refractivity contribution < 1.29 is 24.9 Å². The summed E-state index contributed by atoms with van der Waals surface area (Å²) in [4.78, 5) is 21.1. The lowest BCUT2D eigenvalue weighted by Gasteiger charge is -2.12. The van der Waals surface area contributed by atoms with Crippen LogP contribution >= 0.6 is 0 Å². The molecule has 100 valence electrons. The van der Waals surface area contributed by atoms with Gasteiger partial charge in [-0.15, -0.1) is 0 Å². The molecule has 0 saturated carbocycles. The van der Waals surface area contributed by atoms with Gasteiger partial charge in [-0.2, -0.15) is 0 Å². The fourth-order valence-electron chi connectivity index (χ4n) is 1.45. The molecule has 0 radical (unpaired) electrons. The van der Waals surface area contributed by atoms with Gasteiger partial charge in [0, 0.05) is 12.5 Å². The highest BCUT2D eigenvalue weighted by molar-refractivity contribution is 5.72. The van der Waals surface area contributed by atoms with Crippen LogP contribution in [0.4, 0.5) is 0 Å². The number of rotatable bonds is 5. The summed E-state index contributed by atoms with van der Waals surface area (Å²) in [7, 11) is 0. The molecule has 0 amide bonds. The second kappa shape index (κ2) is 9.18. The van der Waals surface area contributed by atoms with Gasteiger partial charge in [0.05, 0.1) is 12.8 Å². The first-order chi connectivity index (χ1) is 8.51. The molecule has 1 rings (SSSR count). The molecule has 0 aliphatic heterocycles. The molecule has 5 nitrogen and oxygen atoms in total. The van der Waals surface area contributed by atoms with Crippen LogP contribution in [0.3, 0.4) is 0 Å². The molecule has 0 heterocycles. The van der Waals surface area contributed by atoms with Crippen molar-refractivity contribution >= 4 is 11.9 Å². The number of carboxylic acid groups (broad SMARTS) is 2. The number of hydrogen-bond acceptors (Lipinski definition) is 3. The van der Waals surface area contributed by atoms with Crippen LogP contribution in [0.2, 0.25) is 0 Å². The van der Waals surface area contributed by atoms with Crippen molar-refractivity contribution in [2.75, 3.05) is 6.61 Å². The zero-order chi connectivity index (χ0) is 14.0. The Hall–Kier alpha value is -1.88. The van der Waals surface area contributed by atoms with Gasteiger partial charge in [-0.05, 0) is 12.5 Å². The summed E-state index contributed by atoms with van der Waals surface area (Å²) in [5, 5.41) is 24.9. The Morgan fingerprint density at radius 2 is 1.44 bits per heavy atom. The van der Waals surface area contributed by atoms with E-state index in [-0.39, 0.29) is 19.4 Å². The van der Waals surface area contributed by atoms with E-state index in [0.29, 0.717) is 0 Å². The highest BCUT2D eigenvalue weighted by Crippen LogP contribution is 2.23. The largest absolute Gasteiger partial charge is 0.481 e. The highest BCUT2D eigenvalue weighted by Gasteiger charge is 2.18. The molecule has 0 unspecified atom stereocenters. The van der Waals surface area contributed by atoms with Gasteiger partial charge in [0.25, 0.3) is 0 Å². The average Bonchev–Trinajstić information content (AvgIpc) is 2.29. The van der Waals surface area contributed by atoms with Crippen molar-refractivity contribution in [3.05, 3.63) is 35.9 Å². The van der Waals surface area contributed by atoms with E-state index in [2.05, 4.69) is 0 Å². The third kappa shape index (κ3) is 7.40. The van der Waals surface area contributed by atoms with Crippen LogP contribution in [-0.4, -0.2) is 33.9 Å². The summed E-state index contributed by atoms with van der Waals surface area (Å²) < 4.78 is 0. The summed E-state index contributed by atoms with van der Waals surface area (Å²) in [5.41, 5.74) is 0.752. The number of carboxylic acids is 2.